The second-order valence-corrected chi connectivity index (χ2v) is 7.69. The minimum atomic E-state index is -0.489. The molecule has 30 heavy (non-hydrogen) atoms. The average molecular weight is 405 g/mol. The molecule has 3 aliphatic heterocycles. The Labute approximate surface area is 174 Å². The Bertz CT molecular complexity index is 1020. The van der Waals surface area contributed by atoms with Crippen molar-refractivity contribution in [1.29, 1.82) is 0 Å². The number of fused-ring (bicyclic) bond motifs is 3. The summed E-state index contributed by atoms with van der Waals surface area (Å²) in [6.07, 6.45) is -0.489. The number of imide groups is 1. The van der Waals surface area contributed by atoms with Crippen molar-refractivity contribution in [2.75, 3.05) is 32.1 Å². The molecular weight excluding hydrogens is 382 g/mol. The van der Waals surface area contributed by atoms with Gasteiger partial charge in [0, 0.05) is 38.9 Å². The van der Waals surface area contributed by atoms with E-state index < -0.39 is 12.2 Å². The lowest BCUT2D eigenvalue weighted by molar-refractivity contribution is -0.135. The topological polar surface area (TPSA) is 68.7 Å². The summed E-state index contributed by atoms with van der Waals surface area (Å²) in [7, 11) is 3.22. The number of carbonyl (C=O) groups is 2. The number of nitrogens with zero attached hydrogens (tertiary/aromatic N) is 5. The van der Waals surface area contributed by atoms with Crippen molar-refractivity contribution < 1.29 is 14.3 Å². The van der Waals surface area contributed by atoms with Crippen LogP contribution >= 0.6 is 0 Å². The van der Waals surface area contributed by atoms with Crippen molar-refractivity contribution in [3.8, 4) is 5.75 Å². The zero-order valence-corrected chi connectivity index (χ0v) is 16.9. The number of aliphatic imine (C=N–C) groups is 1. The number of ether oxygens (including phenoxy) is 1. The molecule has 2 saturated heterocycles. The van der Waals surface area contributed by atoms with Crippen LogP contribution in [0.5, 0.6) is 5.75 Å². The molecule has 2 fully saturated rings. The number of rotatable bonds is 4. The van der Waals surface area contributed by atoms with Crippen LogP contribution < -0.4 is 9.64 Å². The largest absolute Gasteiger partial charge is 0.489 e. The van der Waals surface area contributed by atoms with Crippen LogP contribution in [0.1, 0.15) is 5.56 Å². The maximum atomic E-state index is 12.7. The summed E-state index contributed by atoms with van der Waals surface area (Å²) in [5, 5.41) is 0. The lowest BCUT2D eigenvalue weighted by Gasteiger charge is -2.38. The fourth-order valence-electron chi connectivity index (χ4n) is 4.25. The number of hydrogen-bond acceptors (Lipinski definition) is 6. The molecule has 0 aliphatic carbocycles. The van der Waals surface area contributed by atoms with Gasteiger partial charge in [-0.3, -0.25) is 9.69 Å². The van der Waals surface area contributed by atoms with Crippen LogP contribution in [-0.2, 0) is 11.4 Å². The molecule has 8 nitrogen and oxygen atoms in total. The summed E-state index contributed by atoms with van der Waals surface area (Å²) in [6, 6.07) is 17.1. The van der Waals surface area contributed by atoms with Gasteiger partial charge in [0.05, 0.1) is 0 Å². The number of carbonyl (C=O) groups excluding carboxylic acids is 2. The summed E-state index contributed by atoms with van der Waals surface area (Å²) < 4.78 is 5.97. The van der Waals surface area contributed by atoms with Gasteiger partial charge in [0.15, 0.2) is 12.2 Å². The minimum Gasteiger partial charge on any atom is -0.489 e. The van der Waals surface area contributed by atoms with E-state index in [0.29, 0.717) is 13.2 Å². The van der Waals surface area contributed by atoms with Crippen molar-refractivity contribution in [2.24, 2.45) is 4.99 Å². The predicted molar refractivity (Wildman–Crippen MR) is 112 cm³/mol. The van der Waals surface area contributed by atoms with Crippen LogP contribution in [0.2, 0.25) is 0 Å². The highest BCUT2D eigenvalue weighted by Gasteiger charge is 2.53. The molecule has 0 aromatic heterocycles. The Hall–Kier alpha value is -3.55. The van der Waals surface area contributed by atoms with E-state index in [9.17, 15) is 9.59 Å². The van der Waals surface area contributed by atoms with Gasteiger partial charge in [-0.2, -0.15) is 0 Å². The van der Waals surface area contributed by atoms with E-state index >= 15 is 0 Å². The maximum Gasteiger partial charge on any atom is 0.328 e. The molecule has 0 radical (unpaired) electrons. The van der Waals surface area contributed by atoms with E-state index in [4.69, 9.17) is 9.73 Å². The van der Waals surface area contributed by atoms with E-state index in [-0.39, 0.29) is 11.9 Å². The van der Waals surface area contributed by atoms with E-state index in [0.717, 1.165) is 29.5 Å². The van der Waals surface area contributed by atoms with Gasteiger partial charge in [0.25, 0.3) is 5.91 Å². The van der Waals surface area contributed by atoms with Crippen LogP contribution in [0.15, 0.2) is 59.6 Å². The molecule has 0 saturated carbocycles. The SMILES string of the molecule is CN1C(=O)C2C(N=C3N(c4cccc(OCc5ccccc5)c4)CCN32)N(C)C1=O. The highest BCUT2D eigenvalue weighted by atomic mass is 16.5. The molecular formula is C22H23N5O3. The highest BCUT2D eigenvalue weighted by Crippen LogP contribution is 2.33. The summed E-state index contributed by atoms with van der Waals surface area (Å²) in [5.41, 5.74) is 2.06. The third-order valence-electron chi connectivity index (χ3n) is 5.88. The maximum absolute atomic E-state index is 12.7. The fourth-order valence-corrected chi connectivity index (χ4v) is 4.25. The first-order valence-corrected chi connectivity index (χ1v) is 9.98. The average Bonchev–Trinajstić information content (AvgIpc) is 3.35. The Morgan fingerprint density at radius 1 is 1.03 bits per heavy atom. The molecule has 0 spiro atoms. The summed E-state index contributed by atoms with van der Waals surface area (Å²) in [5.74, 6) is 1.30. The summed E-state index contributed by atoms with van der Waals surface area (Å²) in [6.45, 7) is 1.89. The Balaban J connectivity index is 1.37. The number of hydrogen-bond donors (Lipinski definition) is 0. The molecule has 2 unspecified atom stereocenters. The lowest BCUT2D eigenvalue weighted by atomic mass is 10.1. The number of urea groups is 1. The van der Waals surface area contributed by atoms with Crippen LogP contribution in [0.3, 0.4) is 0 Å². The summed E-state index contributed by atoms with van der Waals surface area (Å²) >= 11 is 0. The van der Waals surface area contributed by atoms with Gasteiger partial charge in [-0.05, 0) is 17.7 Å². The zero-order chi connectivity index (χ0) is 20.8. The van der Waals surface area contributed by atoms with Gasteiger partial charge in [0.2, 0.25) is 5.96 Å². The molecule has 0 bridgehead atoms. The second kappa shape index (κ2) is 7.05. The molecule has 0 N–H and O–H groups in total. The minimum absolute atomic E-state index is 0.205. The van der Waals surface area contributed by atoms with Crippen LogP contribution in [-0.4, -0.2) is 72.0 Å². The summed E-state index contributed by atoms with van der Waals surface area (Å²) in [4.78, 5) is 36.6. The van der Waals surface area contributed by atoms with Crippen molar-refractivity contribution in [1.82, 2.24) is 14.7 Å². The highest BCUT2D eigenvalue weighted by molar-refractivity contribution is 6.07. The Kier molecular flexibility index (Phi) is 4.34. The van der Waals surface area contributed by atoms with Crippen LogP contribution in [0, 0.1) is 0 Å². The zero-order valence-electron chi connectivity index (χ0n) is 16.9. The van der Waals surface area contributed by atoms with E-state index in [1.807, 2.05) is 59.5 Å². The van der Waals surface area contributed by atoms with Gasteiger partial charge in [-0.1, -0.05) is 36.4 Å². The first kappa shape index (κ1) is 18.5. The fraction of sp³-hybridized carbons (Fsp3) is 0.318. The molecule has 2 atom stereocenters. The standard InChI is InChI=1S/C22H23N5O3/c1-24-19-18(20(28)25(2)22(24)29)27-12-11-26(21(27)23-19)16-9-6-10-17(13-16)30-14-15-7-4-3-5-8-15/h3-10,13,18-19H,11-12,14H2,1-2H3. The van der Waals surface area contributed by atoms with Crippen LogP contribution in [0.4, 0.5) is 10.5 Å². The van der Waals surface area contributed by atoms with Crippen LogP contribution in [0.25, 0.3) is 0 Å². The quantitative estimate of drug-likeness (QED) is 0.778. The van der Waals surface area contributed by atoms with Crippen molar-refractivity contribution >= 4 is 23.6 Å². The monoisotopic (exact) mass is 405 g/mol. The van der Waals surface area contributed by atoms with Crippen molar-refractivity contribution in [3.63, 3.8) is 0 Å². The molecule has 8 heteroatoms. The Morgan fingerprint density at radius 2 is 1.83 bits per heavy atom. The number of anilines is 1. The third-order valence-corrected chi connectivity index (χ3v) is 5.88. The Morgan fingerprint density at radius 3 is 2.63 bits per heavy atom. The first-order valence-electron chi connectivity index (χ1n) is 9.98. The van der Waals surface area contributed by atoms with E-state index in [1.165, 1.54) is 16.8 Å². The molecule has 154 valence electrons. The molecule has 3 heterocycles. The lowest BCUT2D eigenvalue weighted by Crippen LogP contribution is -2.63. The molecule has 3 aliphatic rings. The first-order chi connectivity index (χ1) is 14.5. The third kappa shape index (κ3) is 2.87. The van der Waals surface area contributed by atoms with Gasteiger partial charge in [-0.15, -0.1) is 0 Å². The number of benzene rings is 2. The molecule has 3 amide bonds. The van der Waals surface area contributed by atoms with Crippen molar-refractivity contribution in [3.05, 3.63) is 60.2 Å². The molecule has 2 aromatic rings. The molecule has 5 rings (SSSR count). The smallest absolute Gasteiger partial charge is 0.328 e. The van der Waals surface area contributed by atoms with E-state index in [2.05, 4.69) is 4.90 Å². The normalized spacial score (nSPS) is 22.9. The van der Waals surface area contributed by atoms with E-state index in [1.54, 1.807) is 7.05 Å². The predicted octanol–water partition coefficient (Wildman–Crippen LogP) is 1.98. The van der Waals surface area contributed by atoms with Gasteiger partial charge in [-0.25, -0.2) is 9.79 Å². The van der Waals surface area contributed by atoms with Gasteiger partial charge >= 0.3 is 6.03 Å². The number of likely N-dealkylation sites (N-methyl/N-ethyl adjacent to an activating group) is 2. The van der Waals surface area contributed by atoms with Gasteiger partial charge < -0.3 is 19.4 Å². The second-order valence-electron chi connectivity index (χ2n) is 7.69. The number of guanidine groups is 1. The molecule has 2 aromatic carbocycles. The van der Waals surface area contributed by atoms with Crippen molar-refractivity contribution in [2.45, 2.75) is 18.8 Å². The number of amides is 3. The van der Waals surface area contributed by atoms with Gasteiger partial charge in [0.1, 0.15) is 12.4 Å².